The molecule has 1 saturated carbocycles. The highest BCUT2D eigenvalue weighted by Crippen LogP contribution is 2.28. The van der Waals surface area contributed by atoms with Crippen molar-refractivity contribution in [3.63, 3.8) is 0 Å². The van der Waals surface area contributed by atoms with Crippen molar-refractivity contribution in [3.8, 4) is 0 Å². The van der Waals surface area contributed by atoms with Gasteiger partial charge in [-0.2, -0.15) is 0 Å². The lowest BCUT2D eigenvalue weighted by atomic mass is 9.85. The van der Waals surface area contributed by atoms with Crippen molar-refractivity contribution in [2.75, 3.05) is 31.6 Å². The smallest absolute Gasteiger partial charge is 0.241 e. The molecule has 3 heterocycles. The van der Waals surface area contributed by atoms with Gasteiger partial charge in [0.05, 0.1) is 24.9 Å². The molecule has 0 aromatic carbocycles. The molecule has 2 fully saturated rings. The molecule has 0 spiro atoms. The van der Waals surface area contributed by atoms with Gasteiger partial charge < -0.3 is 10.1 Å². The first kappa shape index (κ1) is 12.1. The summed E-state index contributed by atoms with van der Waals surface area (Å²) in [7, 11) is 0. The molecule has 106 valence electrons. The molecule has 2 aromatic rings. The Kier molecular flexibility index (Phi) is 3.05. The van der Waals surface area contributed by atoms with Gasteiger partial charge in [-0.25, -0.2) is 9.50 Å². The molecule has 1 aliphatic heterocycles. The minimum absolute atomic E-state index is 0.496. The fraction of sp³-hybridized carbons (Fsp3) is 0.571. The number of anilines is 1. The van der Waals surface area contributed by atoms with E-state index in [0.717, 1.165) is 37.8 Å². The maximum atomic E-state index is 5.39. The molecule has 6 nitrogen and oxygen atoms in total. The van der Waals surface area contributed by atoms with E-state index in [1.807, 2.05) is 29.0 Å². The summed E-state index contributed by atoms with van der Waals surface area (Å²) in [5.41, 5.74) is 1.02. The quantitative estimate of drug-likeness (QED) is 0.904. The fourth-order valence-corrected chi connectivity index (χ4v) is 3.03. The van der Waals surface area contributed by atoms with Gasteiger partial charge in [0.15, 0.2) is 0 Å². The number of rotatable bonds is 3. The normalized spacial score (nSPS) is 27.4. The van der Waals surface area contributed by atoms with Crippen LogP contribution in [0.2, 0.25) is 0 Å². The Balaban J connectivity index is 1.34. The lowest BCUT2D eigenvalue weighted by molar-refractivity contribution is -0.00443. The molecule has 0 atom stereocenters. The number of fused-ring (bicyclic) bond motifs is 1. The van der Waals surface area contributed by atoms with Crippen LogP contribution in [0.25, 0.3) is 5.52 Å². The van der Waals surface area contributed by atoms with Gasteiger partial charge in [-0.3, -0.25) is 4.90 Å². The minimum Gasteiger partial charge on any atom is -0.379 e. The highest BCUT2D eigenvalue weighted by atomic mass is 16.5. The van der Waals surface area contributed by atoms with Gasteiger partial charge in [0.2, 0.25) is 5.95 Å². The summed E-state index contributed by atoms with van der Waals surface area (Å²) >= 11 is 0. The highest BCUT2D eigenvalue weighted by Gasteiger charge is 2.34. The Morgan fingerprint density at radius 2 is 2.10 bits per heavy atom. The van der Waals surface area contributed by atoms with Crippen molar-refractivity contribution < 1.29 is 4.74 Å². The molecular formula is C14H19N5O. The van der Waals surface area contributed by atoms with Crippen LogP contribution in [0, 0.1) is 0 Å². The summed E-state index contributed by atoms with van der Waals surface area (Å²) in [6.07, 6.45) is 6.15. The zero-order valence-corrected chi connectivity index (χ0v) is 11.4. The first-order valence-electron chi connectivity index (χ1n) is 7.27. The third-order valence-electron chi connectivity index (χ3n) is 4.29. The minimum atomic E-state index is 0.496. The van der Waals surface area contributed by atoms with Crippen molar-refractivity contribution in [2.24, 2.45) is 0 Å². The average molecular weight is 273 g/mol. The molecule has 0 bridgehead atoms. The third-order valence-corrected chi connectivity index (χ3v) is 4.29. The van der Waals surface area contributed by atoms with Crippen molar-refractivity contribution in [1.82, 2.24) is 19.5 Å². The predicted octanol–water partition coefficient (Wildman–Crippen LogP) is 1.00. The van der Waals surface area contributed by atoms with Gasteiger partial charge >= 0.3 is 0 Å². The van der Waals surface area contributed by atoms with Crippen LogP contribution >= 0.6 is 0 Å². The second kappa shape index (κ2) is 5.03. The van der Waals surface area contributed by atoms with Crippen molar-refractivity contribution in [3.05, 3.63) is 24.5 Å². The van der Waals surface area contributed by atoms with E-state index in [1.54, 1.807) is 0 Å². The molecule has 0 radical (unpaired) electrons. The van der Waals surface area contributed by atoms with E-state index in [1.165, 1.54) is 12.8 Å². The molecule has 2 aromatic heterocycles. The number of nitrogens with zero attached hydrogens (tertiary/aromatic N) is 4. The maximum absolute atomic E-state index is 5.39. The van der Waals surface area contributed by atoms with E-state index in [4.69, 9.17) is 4.74 Å². The lowest BCUT2D eigenvalue weighted by Crippen LogP contribution is -2.53. The van der Waals surface area contributed by atoms with E-state index in [-0.39, 0.29) is 0 Å². The zero-order chi connectivity index (χ0) is 13.4. The SMILES string of the molecule is c1cc2cnc(NC3CC(N4CCOCC4)C3)nn2c1. The maximum Gasteiger partial charge on any atom is 0.241 e. The van der Waals surface area contributed by atoms with Gasteiger partial charge in [-0.05, 0) is 25.0 Å². The average Bonchev–Trinajstić information content (AvgIpc) is 2.91. The first-order valence-corrected chi connectivity index (χ1v) is 7.27. The predicted molar refractivity (Wildman–Crippen MR) is 75.8 cm³/mol. The first-order chi connectivity index (χ1) is 9.88. The van der Waals surface area contributed by atoms with Crippen LogP contribution in [0.1, 0.15) is 12.8 Å². The lowest BCUT2D eigenvalue weighted by Gasteiger charge is -2.44. The van der Waals surface area contributed by atoms with Crippen LogP contribution in [0.5, 0.6) is 0 Å². The Bertz CT molecular complexity index is 586. The van der Waals surface area contributed by atoms with Crippen LogP contribution in [0.3, 0.4) is 0 Å². The molecule has 0 amide bonds. The second-order valence-electron chi connectivity index (χ2n) is 5.57. The summed E-state index contributed by atoms with van der Waals surface area (Å²) in [6, 6.07) is 5.18. The van der Waals surface area contributed by atoms with Crippen molar-refractivity contribution in [2.45, 2.75) is 24.9 Å². The Labute approximate surface area is 117 Å². The van der Waals surface area contributed by atoms with E-state index in [9.17, 15) is 0 Å². The number of hydrogen-bond acceptors (Lipinski definition) is 5. The molecule has 20 heavy (non-hydrogen) atoms. The zero-order valence-electron chi connectivity index (χ0n) is 11.4. The summed E-state index contributed by atoms with van der Waals surface area (Å²) in [4.78, 5) is 6.90. The van der Waals surface area contributed by atoms with E-state index in [0.29, 0.717) is 12.1 Å². The molecule has 2 aliphatic rings. The topological polar surface area (TPSA) is 54.7 Å². The standard InChI is InChI=1S/C14H19N5O/c1-2-12-10-15-14(17-19(12)3-1)16-11-8-13(9-11)18-4-6-20-7-5-18/h1-3,10-11,13H,4-9H2,(H,16,17). The third kappa shape index (κ3) is 2.25. The number of morpholine rings is 1. The van der Waals surface area contributed by atoms with Crippen LogP contribution in [0.4, 0.5) is 5.95 Å². The summed E-state index contributed by atoms with van der Waals surface area (Å²) < 4.78 is 7.25. The molecule has 0 unspecified atom stereocenters. The molecular weight excluding hydrogens is 254 g/mol. The molecule has 1 saturated heterocycles. The number of nitrogens with one attached hydrogen (secondary N) is 1. The van der Waals surface area contributed by atoms with Crippen LogP contribution in [-0.4, -0.2) is 57.9 Å². The summed E-state index contributed by atoms with van der Waals surface area (Å²) in [5, 5.41) is 7.88. The number of hydrogen-bond donors (Lipinski definition) is 1. The van der Waals surface area contributed by atoms with Crippen LogP contribution in [-0.2, 0) is 4.74 Å². The van der Waals surface area contributed by atoms with Gasteiger partial charge in [0.25, 0.3) is 0 Å². The summed E-state index contributed by atoms with van der Waals surface area (Å²) in [5.74, 6) is 0.721. The molecule has 6 heteroatoms. The largest absolute Gasteiger partial charge is 0.379 e. The molecule has 1 aliphatic carbocycles. The monoisotopic (exact) mass is 273 g/mol. The van der Waals surface area contributed by atoms with Gasteiger partial charge in [-0.1, -0.05) is 0 Å². The van der Waals surface area contributed by atoms with Gasteiger partial charge in [0.1, 0.15) is 0 Å². The Morgan fingerprint density at radius 3 is 2.95 bits per heavy atom. The molecule has 4 rings (SSSR count). The van der Waals surface area contributed by atoms with E-state index < -0.39 is 0 Å². The Morgan fingerprint density at radius 1 is 1.25 bits per heavy atom. The van der Waals surface area contributed by atoms with Gasteiger partial charge in [0, 0.05) is 31.4 Å². The second-order valence-corrected chi connectivity index (χ2v) is 5.57. The van der Waals surface area contributed by atoms with Crippen LogP contribution < -0.4 is 5.32 Å². The number of aromatic nitrogens is 3. The number of ether oxygens (including phenoxy) is 1. The van der Waals surface area contributed by atoms with Crippen molar-refractivity contribution >= 4 is 11.5 Å². The molecule has 1 N–H and O–H groups in total. The Hall–Kier alpha value is -1.66. The van der Waals surface area contributed by atoms with Crippen LogP contribution in [0.15, 0.2) is 24.5 Å². The fourth-order valence-electron chi connectivity index (χ4n) is 3.03. The van der Waals surface area contributed by atoms with E-state index in [2.05, 4.69) is 20.3 Å². The van der Waals surface area contributed by atoms with Crippen molar-refractivity contribution in [1.29, 1.82) is 0 Å². The van der Waals surface area contributed by atoms with E-state index >= 15 is 0 Å². The highest BCUT2D eigenvalue weighted by molar-refractivity contribution is 5.45. The van der Waals surface area contributed by atoms with Gasteiger partial charge in [-0.15, -0.1) is 5.10 Å². The summed E-state index contributed by atoms with van der Waals surface area (Å²) in [6.45, 7) is 3.90.